The van der Waals surface area contributed by atoms with Crippen LogP contribution in [-0.2, 0) is 0 Å². The number of nitrogens with zero attached hydrogens (tertiary/aromatic N) is 1. The molecule has 2 N–H and O–H groups in total. The van der Waals surface area contributed by atoms with Gasteiger partial charge >= 0.3 is 0 Å². The quantitative estimate of drug-likeness (QED) is 0.829. The van der Waals surface area contributed by atoms with Gasteiger partial charge < -0.3 is 15.1 Å². The highest BCUT2D eigenvalue weighted by Crippen LogP contribution is 2.28. The van der Waals surface area contributed by atoms with Crippen molar-refractivity contribution < 1.29 is 15.0 Å². The maximum Gasteiger partial charge on any atom is 0.261 e. The Morgan fingerprint density at radius 1 is 1.24 bits per heavy atom. The fourth-order valence-corrected chi connectivity index (χ4v) is 1.72. The largest absolute Gasteiger partial charge is 0.507 e. The summed E-state index contributed by atoms with van der Waals surface area (Å²) in [4.78, 5) is 13.6. The van der Waals surface area contributed by atoms with E-state index >= 15 is 0 Å². The molecule has 0 fully saturated rings. The lowest BCUT2D eigenvalue weighted by atomic mass is 9.96. The lowest BCUT2D eigenvalue weighted by Gasteiger charge is -2.27. The van der Waals surface area contributed by atoms with Gasteiger partial charge in [0, 0.05) is 13.6 Å². The Morgan fingerprint density at radius 2 is 1.71 bits per heavy atom. The van der Waals surface area contributed by atoms with Crippen molar-refractivity contribution in [2.45, 2.75) is 20.8 Å². The molecule has 1 amide bonds. The third-order valence-electron chi connectivity index (χ3n) is 2.29. The molecule has 94 valence electrons. The molecule has 0 saturated carbocycles. The molecule has 17 heavy (non-hydrogen) atoms. The predicted molar refractivity (Wildman–Crippen MR) is 66.2 cm³/mol. The molecule has 0 aliphatic rings. The van der Waals surface area contributed by atoms with Gasteiger partial charge in [0.15, 0.2) is 0 Å². The summed E-state index contributed by atoms with van der Waals surface area (Å²) in [5.41, 5.74) is -0.0796. The SMILES string of the molecule is CN(CC(C)(C)C)C(=O)c1c(O)cccc1O. The molecular weight excluding hydrogens is 218 g/mol. The van der Waals surface area contributed by atoms with Crippen molar-refractivity contribution >= 4 is 5.91 Å². The number of rotatable bonds is 2. The smallest absolute Gasteiger partial charge is 0.261 e. The van der Waals surface area contributed by atoms with E-state index in [0.29, 0.717) is 6.54 Å². The van der Waals surface area contributed by atoms with Crippen LogP contribution in [0.1, 0.15) is 31.1 Å². The topological polar surface area (TPSA) is 60.8 Å². The van der Waals surface area contributed by atoms with Crippen LogP contribution >= 0.6 is 0 Å². The highest BCUT2D eigenvalue weighted by Gasteiger charge is 2.23. The molecule has 0 radical (unpaired) electrons. The highest BCUT2D eigenvalue weighted by atomic mass is 16.3. The Morgan fingerprint density at radius 3 is 2.12 bits per heavy atom. The normalized spacial score (nSPS) is 11.3. The number of carbonyl (C=O) groups excluding carboxylic acids is 1. The second kappa shape index (κ2) is 4.65. The average Bonchev–Trinajstić information content (AvgIpc) is 2.14. The Labute approximate surface area is 101 Å². The van der Waals surface area contributed by atoms with Crippen molar-refractivity contribution in [2.75, 3.05) is 13.6 Å². The van der Waals surface area contributed by atoms with E-state index in [1.165, 1.54) is 23.1 Å². The van der Waals surface area contributed by atoms with E-state index in [-0.39, 0.29) is 28.4 Å². The van der Waals surface area contributed by atoms with Crippen LogP contribution in [0.3, 0.4) is 0 Å². The summed E-state index contributed by atoms with van der Waals surface area (Å²) in [6.07, 6.45) is 0. The van der Waals surface area contributed by atoms with Crippen molar-refractivity contribution in [3.05, 3.63) is 23.8 Å². The van der Waals surface area contributed by atoms with E-state index in [1.54, 1.807) is 7.05 Å². The Kier molecular flexibility index (Phi) is 3.66. The number of phenolic OH excluding ortho intramolecular Hbond substituents is 2. The number of benzene rings is 1. The van der Waals surface area contributed by atoms with Crippen LogP contribution in [0.15, 0.2) is 18.2 Å². The molecule has 0 bridgehead atoms. The summed E-state index contributed by atoms with van der Waals surface area (Å²) in [7, 11) is 1.65. The van der Waals surface area contributed by atoms with E-state index in [2.05, 4.69) is 0 Å². The van der Waals surface area contributed by atoms with Crippen molar-refractivity contribution in [2.24, 2.45) is 5.41 Å². The average molecular weight is 237 g/mol. The molecule has 0 aliphatic carbocycles. The van der Waals surface area contributed by atoms with Crippen molar-refractivity contribution in [3.8, 4) is 11.5 Å². The molecule has 1 aromatic rings. The number of aromatic hydroxyl groups is 2. The standard InChI is InChI=1S/C13H19NO3/c1-13(2,3)8-14(4)12(17)11-9(15)6-5-7-10(11)16/h5-7,15-16H,8H2,1-4H3. The first-order valence-electron chi connectivity index (χ1n) is 5.49. The minimum atomic E-state index is -0.379. The lowest BCUT2D eigenvalue weighted by molar-refractivity contribution is 0.0739. The van der Waals surface area contributed by atoms with Crippen LogP contribution in [0.25, 0.3) is 0 Å². The summed E-state index contributed by atoms with van der Waals surface area (Å²) < 4.78 is 0. The van der Waals surface area contributed by atoms with E-state index in [4.69, 9.17) is 0 Å². The van der Waals surface area contributed by atoms with Crippen LogP contribution in [-0.4, -0.2) is 34.6 Å². The van der Waals surface area contributed by atoms with Gasteiger partial charge in [0.05, 0.1) is 0 Å². The van der Waals surface area contributed by atoms with Crippen LogP contribution in [0, 0.1) is 5.41 Å². The molecule has 0 atom stereocenters. The summed E-state index contributed by atoms with van der Waals surface area (Å²) in [5.74, 6) is -0.776. The fraction of sp³-hybridized carbons (Fsp3) is 0.462. The number of amides is 1. The van der Waals surface area contributed by atoms with E-state index in [1.807, 2.05) is 20.8 Å². The molecule has 1 rings (SSSR count). The molecular formula is C13H19NO3. The zero-order chi connectivity index (χ0) is 13.2. The molecule has 0 aromatic heterocycles. The Balaban J connectivity index is 2.97. The summed E-state index contributed by atoms with van der Waals surface area (Å²) in [5, 5.41) is 19.2. The second-order valence-electron chi connectivity index (χ2n) is 5.39. The minimum Gasteiger partial charge on any atom is -0.507 e. The lowest BCUT2D eigenvalue weighted by Crippen LogP contribution is -2.34. The molecule has 0 spiro atoms. The number of hydrogen-bond donors (Lipinski definition) is 2. The van der Waals surface area contributed by atoms with Crippen LogP contribution in [0.2, 0.25) is 0 Å². The number of carbonyl (C=O) groups is 1. The second-order valence-corrected chi connectivity index (χ2v) is 5.39. The van der Waals surface area contributed by atoms with Crippen molar-refractivity contribution in [1.82, 2.24) is 4.90 Å². The molecule has 0 saturated heterocycles. The first-order chi connectivity index (χ1) is 7.72. The number of hydrogen-bond acceptors (Lipinski definition) is 3. The monoisotopic (exact) mass is 237 g/mol. The first-order valence-corrected chi connectivity index (χ1v) is 5.49. The minimum absolute atomic E-state index is 0.0373. The zero-order valence-corrected chi connectivity index (χ0v) is 10.7. The van der Waals surface area contributed by atoms with Gasteiger partial charge in [-0.1, -0.05) is 26.8 Å². The van der Waals surface area contributed by atoms with Crippen LogP contribution < -0.4 is 0 Å². The third-order valence-corrected chi connectivity index (χ3v) is 2.29. The van der Waals surface area contributed by atoms with Crippen LogP contribution in [0.5, 0.6) is 11.5 Å². The van der Waals surface area contributed by atoms with Crippen LogP contribution in [0.4, 0.5) is 0 Å². The summed E-state index contributed by atoms with van der Waals surface area (Å²) in [6, 6.07) is 4.26. The van der Waals surface area contributed by atoms with Gasteiger partial charge in [-0.05, 0) is 17.5 Å². The predicted octanol–water partition coefficient (Wildman–Crippen LogP) is 2.22. The van der Waals surface area contributed by atoms with Gasteiger partial charge in [0.2, 0.25) is 0 Å². The summed E-state index contributed by atoms with van der Waals surface area (Å²) >= 11 is 0. The summed E-state index contributed by atoms with van der Waals surface area (Å²) in [6.45, 7) is 6.59. The van der Waals surface area contributed by atoms with E-state index < -0.39 is 0 Å². The zero-order valence-electron chi connectivity index (χ0n) is 10.7. The van der Waals surface area contributed by atoms with Gasteiger partial charge in [0.1, 0.15) is 17.1 Å². The highest BCUT2D eigenvalue weighted by molar-refractivity contribution is 5.99. The molecule has 0 unspecified atom stereocenters. The Bertz CT molecular complexity index is 401. The maximum atomic E-state index is 12.1. The van der Waals surface area contributed by atoms with Gasteiger partial charge in [-0.3, -0.25) is 4.79 Å². The van der Waals surface area contributed by atoms with Crippen molar-refractivity contribution in [1.29, 1.82) is 0 Å². The fourth-order valence-electron chi connectivity index (χ4n) is 1.72. The number of phenols is 2. The third kappa shape index (κ3) is 3.37. The van der Waals surface area contributed by atoms with Gasteiger partial charge in [-0.2, -0.15) is 0 Å². The first kappa shape index (κ1) is 13.4. The molecule has 0 heterocycles. The molecule has 4 nitrogen and oxygen atoms in total. The van der Waals surface area contributed by atoms with Crippen molar-refractivity contribution in [3.63, 3.8) is 0 Å². The molecule has 0 aliphatic heterocycles. The molecule has 4 heteroatoms. The van der Waals surface area contributed by atoms with E-state index in [9.17, 15) is 15.0 Å². The Hall–Kier alpha value is -1.71. The van der Waals surface area contributed by atoms with Gasteiger partial charge in [0.25, 0.3) is 5.91 Å². The van der Waals surface area contributed by atoms with Gasteiger partial charge in [-0.15, -0.1) is 0 Å². The maximum absolute atomic E-state index is 12.1. The van der Waals surface area contributed by atoms with E-state index in [0.717, 1.165) is 0 Å². The molecule has 1 aromatic carbocycles. The van der Waals surface area contributed by atoms with Gasteiger partial charge in [-0.25, -0.2) is 0 Å².